The fourth-order valence-electron chi connectivity index (χ4n) is 3.33. The van der Waals surface area contributed by atoms with Gasteiger partial charge in [0.25, 0.3) is 0 Å². The third kappa shape index (κ3) is 5.26. The highest BCUT2D eigenvalue weighted by Crippen LogP contribution is 2.35. The summed E-state index contributed by atoms with van der Waals surface area (Å²) in [6.45, 7) is 4.74. The van der Waals surface area contributed by atoms with Crippen LogP contribution in [0.3, 0.4) is 0 Å². The summed E-state index contributed by atoms with van der Waals surface area (Å²) in [6.07, 6.45) is 0.616. The number of hydrogen-bond donors (Lipinski definition) is 0. The van der Waals surface area contributed by atoms with Gasteiger partial charge < -0.3 is 24.0 Å². The standard InChI is InChI=1S/C19H29N3O7S/c1-6-29-19(24)21-11-9-20(10-12-21)18(23)14(2)22(30(5,25)26)16-13-15(27-3)7-8-17(16)28-4/h7-8,13-14H,6,9-12H2,1-5H3/t14-/m1/s1. The fourth-order valence-corrected chi connectivity index (χ4v) is 4.50. The Labute approximate surface area is 177 Å². The largest absolute Gasteiger partial charge is 0.497 e. The molecule has 168 valence electrons. The molecule has 0 N–H and O–H groups in total. The Balaban J connectivity index is 2.26. The third-order valence-electron chi connectivity index (χ3n) is 4.81. The molecule has 1 aliphatic heterocycles. The zero-order chi connectivity index (χ0) is 22.5. The molecule has 2 amide bonds. The van der Waals surface area contributed by atoms with E-state index in [0.29, 0.717) is 24.6 Å². The quantitative estimate of drug-likeness (QED) is 0.623. The molecule has 0 radical (unpaired) electrons. The van der Waals surface area contributed by atoms with E-state index in [0.717, 1.165) is 10.6 Å². The maximum atomic E-state index is 13.1. The molecule has 0 saturated carbocycles. The Kier molecular flexibility index (Phi) is 7.77. The molecule has 1 heterocycles. The number of methoxy groups -OCH3 is 2. The number of piperazine rings is 1. The van der Waals surface area contributed by atoms with Crippen LogP contribution >= 0.6 is 0 Å². The zero-order valence-corrected chi connectivity index (χ0v) is 18.8. The van der Waals surface area contributed by atoms with Crippen molar-refractivity contribution in [2.75, 3.05) is 57.6 Å². The average Bonchev–Trinajstić information content (AvgIpc) is 2.72. The molecule has 0 bridgehead atoms. The molecule has 30 heavy (non-hydrogen) atoms. The minimum absolute atomic E-state index is 0.213. The molecule has 0 aromatic heterocycles. The number of ether oxygens (including phenoxy) is 3. The van der Waals surface area contributed by atoms with E-state index < -0.39 is 22.2 Å². The van der Waals surface area contributed by atoms with Gasteiger partial charge in [0.1, 0.15) is 17.5 Å². The van der Waals surface area contributed by atoms with Crippen LogP contribution < -0.4 is 13.8 Å². The molecule has 1 atom stereocenters. The van der Waals surface area contributed by atoms with E-state index in [9.17, 15) is 18.0 Å². The van der Waals surface area contributed by atoms with Crippen molar-refractivity contribution in [3.63, 3.8) is 0 Å². The number of sulfonamides is 1. The number of amides is 2. The summed E-state index contributed by atoms with van der Waals surface area (Å²) in [4.78, 5) is 28.1. The Morgan fingerprint density at radius 3 is 2.20 bits per heavy atom. The van der Waals surface area contributed by atoms with E-state index in [1.165, 1.54) is 32.1 Å². The van der Waals surface area contributed by atoms with Gasteiger partial charge in [-0.1, -0.05) is 0 Å². The van der Waals surface area contributed by atoms with Crippen molar-refractivity contribution in [1.29, 1.82) is 0 Å². The van der Waals surface area contributed by atoms with Crippen molar-refractivity contribution < 1.29 is 32.2 Å². The number of carbonyl (C=O) groups is 2. The van der Waals surface area contributed by atoms with Crippen molar-refractivity contribution in [2.24, 2.45) is 0 Å². The number of anilines is 1. The number of hydrogen-bond acceptors (Lipinski definition) is 7. The van der Waals surface area contributed by atoms with Gasteiger partial charge in [0.05, 0.1) is 32.8 Å². The van der Waals surface area contributed by atoms with Crippen molar-refractivity contribution in [1.82, 2.24) is 9.80 Å². The van der Waals surface area contributed by atoms with Crippen LogP contribution in [0.25, 0.3) is 0 Å². The minimum Gasteiger partial charge on any atom is -0.497 e. The van der Waals surface area contributed by atoms with Crippen LogP contribution in [0.5, 0.6) is 11.5 Å². The van der Waals surface area contributed by atoms with Gasteiger partial charge in [0, 0.05) is 32.2 Å². The second-order valence-corrected chi connectivity index (χ2v) is 8.64. The summed E-state index contributed by atoms with van der Waals surface area (Å²) in [5.74, 6) is 0.365. The topological polar surface area (TPSA) is 106 Å². The first kappa shape index (κ1) is 23.6. The molecule has 0 aliphatic carbocycles. The summed E-state index contributed by atoms with van der Waals surface area (Å²) in [5, 5.41) is 0. The summed E-state index contributed by atoms with van der Waals surface area (Å²) in [5.41, 5.74) is 0.213. The lowest BCUT2D eigenvalue weighted by molar-refractivity contribution is -0.133. The lowest BCUT2D eigenvalue weighted by atomic mass is 10.2. The van der Waals surface area contributed by atoms with Gasteiger partial charge in [0.2, 0.25) is 15.9 Å². The van der Waals surface area contributed by atoms with Gasteiger partial charge in [-0.2, -0.15) is 0 Å². The van der Waals surface area contributed by atoms with E-state index in [-0.39, 0.29) is 31.3 Å². The minimum atomic E-state index is -3.82. The molecule has 1 aliphatic rings. The van der Waals surface area contributed by atoms with Gasteiger partial charge in [-0.3, -0.25) is 9.10 Å². The van der Waals surface area contributed by atoms with Crippen LogP contribution in [0.15, 0.2) is 18.2 Å². The highest BCUT2D eigenvalue weighted by molar-refractivity contribution is 7.92. The normalized spacial score (nSPS) is 15.4. The number of nitrogens with zero attached hydrogens (tertiary/aromatic N) is 3. The second kappa shape index (κ2) is 9.88. The van der Waals surface area contributed by atoms with Crippen molar-refractivity contribution in [3.05, 3.63) is 18.2 Å². The smallest absolute Gasteiger partial charge is 0.409 e. The molecular weight excluding hydrogens is 414 g/mol. The van der Waals surface area contributed by atoms with Gasteiger partial charge in [-0.25, -0.2) is 13.2 Å². The molecule has 0 spiro atoms. The molecule has 1 saturated heterocycles. The van der Waals surface area contributed by atoms with E-state index >= 15 is 0 Å². The maximum absolute atomic E-state index is 13.1. The lowest BCUT2D eigenvalue weighted by Gasteiger charge is -2.37. The predicted molar refractivity (Wildman–Crippen MR) is 112 cm³/mol. The summed E-state index contributed by atoms with van der Waals surface area (Å²) in [7, 11) is -0.935. The molecule has 1 aromatic rings. The van der Waals surface area contributed by atoms with E-state index in [4.69, 9.17) is 14.2 Å². The van der Waals surface area contributed by atoms with Crippen LogP contribution in [0.1, 0.15) is 13.8 Å². The van der Waals surface area contributed by atoms with E-state index in [1.807, 2.05) is 0 Å². The lowest BCUT2D eigenvalue weighted by Crippen LogP contribution is -2.56. The molecule has 10 nitrogen and oxygen atoms in total. The third-order valence-corrected chi connectivity index (χ3v) is 6.03. The molecule has 2 rings (SSSR count). The first-order valence-electron chi connectivity index (χ1n) is 9.56. The van der Waals surface area contributed by atoms with Crippen LogP contribution in [0.4, 0.5) is 10.5 Å². The zero-order valence-electron chi connectivity index (χ0n) is 18.0. The monoisotopic (exact) mass is 443 g/mol. The SMILES string of the molecule is CCOC(=O)N1CCN(C(=O)[C@@H](C)N(c2cc(OC)ccc2OC)S(C)(=O)=O)CC1. The second-order valence-electron chi connectivity index (χ2n) is 6.78. The van der Waals surface area contributed by atoms with Crippen molar-refractivity contribution in [2.45, 2.75) is 19.9 Å². The molecule has 0 unspecified atom stereocenters. The Bertz CT molecular complexity index is 867. The van der Waals surface area contributed by atoms with Crippen LogP contribution in [-0.4, -0.2) is 89.5 Å². The highest BCUT2D eigenvalue weighted by Gasteiger charge is 2.35. The van der Waals surface area contributed by atoms with Gasteiger partial charge >= 0.3 is 6.09 Å². The van der Waals surface area contributed by atoms with Crippen molar-refractivity contribution in [3.8, 4) is 11.5 Å². The Morgan fingerprint density at radius 2 is 1.70 bits per heavy atom. The molecule has 1 aromatic carbocycles. The Morgan fingerprint density at radius 1 is 1.10 bits per heavy atom. The molecule has 11 heteroatoms. The van der Waals surface area contributed by atoms with E-state index in [2.05, 4.69) is 0 Å². The molecule has 1 fully saturated rings. The highest BCUT2D eigenvalue weighted by atomic mass is 32.2. The van der Waals surface area contributed by atoms with Gasteiger partial charge in [-0.15, -0.1) is 0 Å². The Hall–Kier alpha value is -2.69. The van der Waals surface area contributed by atoms with Crippen LogP contribution in [0.2, 0.25) is 0 Å². The molecular formula is C19H29N3O7S. The van der Waals surface area contributed by atoms with Crippen molar-refractivity contribution >= 4 is 27.7 Å². The van der Waals surface area contributed by atoms with E-state index in [1.54, 1.807) is 24.0 Å². The van der Waals surface area contributed by atoms with Crippen LogP contribution in [0, 0.1) is 0 Å². The predicted octanol–water partition coefficient (Wildman–Crippen LogP) is 1.16. The summed E-state index contributed by atoms with van der Waals surface area (Å²) >= 11 is 0. The first-order chi connectivity index (χ1) is 14.1. The van der Waals surface area contributed by atoms with Gasteiger partial charge in [0.15, 0.2) is 0 Å². The van der Waals surface area contributed by atoms with Gasteiger partial charge in [-0.05, 0) is 26.0 Å². The fraction of sp³-hybridized carbons (Fsp3) is 0.579. The van der Waals surface area contributed by atoms with Crippen LogP contribution in [-0.2, 0) is 19.6 Å². The number of carbonyl (C=O) groups excluding carboxylic acids is 2. The average molecular weight is 444 g/mol. The maximum Gasteiger partial charge on any atom is 0.409 e. The number of benzene rings is 1. The first-order valence-corrected chi connectivity index (χ1v) is 11.4. The summed E-state index contributed by atoms with van der Waals surface area (Å²) in [6, 6.07) is 3.73. The number of rotatable bonds is 7. The summed E-state index contributed by atoms with van der Waals surface area (Å²) < 4.78 is 41.8.